The number of rotatable bonds is 5. The number of hydrogen-bond donors (Lipinski definition) is 1. The molecule has 1 aromatic heterocycles. The van der Waals surface area contributed by atoms with E-state index in [-0.39, 0.29) is 5.91 Å². The first-order valence-electron chi connectivity index (χ1n) is 8.93. The quantitative estimate of drug-likeness (QED) is 0.907. The van der Waals surface area contributed by atoms with Crippen molar-refractivity contribution in [2.75, 3.05) is 31.6 Å². The molecule has 0 spiro atoms. The van der Waals surface area contributed by atoms with E-state index in [1.807, 2.05) is 12.1 Å². The number of hydrogen-bond acceptors (Lipinski definition) is 4. The van der Waals surface area contributed by atoms with Gasteiger partial charge in [0, 0.05) is 30.7 Å². The van der Waals surface area contributed by atoms with E-state index in [0.29, 0.717) is 32.0 Å². The molecule has 5 heteroatoms. The Morgan fingerprint density at radius 1 is 1.16 bits per heavy atom. The topological polar surface area (TPSA) is 54.5 Å². The molecular weight excluding hydrogens is 314 g/mol. The van der Waals surface area contributed by atoms with Crippen LogP contribution < -0.4 is 5.32 Å². The highest BCUT2D eigenvalue weighted by molar-refractivity contribution is 5.93. The number of carbonyl (C=O) groups excluding carboxylic acids is 1. The summed E-state index contributed by atoms with van der Waals surface area (Å²) in [5.74, 6) is -0.0357. The van der Waals surface area contributed by atoms with Crippen LogP contribution in [0.3, 0.4) is 0 Å². The zero-order valence-electron chi connectivity index (χ0n) is 14.9. The number of benzene rings is 1. The molecule has 3 rings (SSSR count). The maximum atomic E-state index is 12.6. The lowest BCUT2D eigenvalue weighted by Crippen LogP contribution is -2.41. The van der Waals surface area contributed by atoms with E-state index in [9.17, 15) is 4.79 Å². The summed E-state index contributed by atoms with van der Waals surface area (Å²) in [4.78, 5) is 18.7. The van der Waals surface area contributed by atoms with Crippen molar-refractivity contribution >= 4 is 17.3 Å². The van der Waals surface area contributed by atoms with Crippen LogP contribution in [0.4, 0.5) is 11.4 Å². The number of amides is 1. The van der Waals surface area contributed by atoms with E-state index in [1.54, 1.807) is 11.1 Å². The van der Waals surface area contributed by atoms with Crippen molar-refractivity contribution in [3.63, 3.8) is 0 Å². The Labute approximate surface area is 149 Å². The van der Waals surface area contributed by atoms with Crippen LogP contribution >= 0.6 is 0 Å². The fourth-order valence-electron chi connectivity index (χ4n) is 3.10. The second kappa shape index (κ2) is 8.12. The summed E-state index contributed by atoms with van der Waals surface area (Å²) < 4.78 is 5.31. The summed E-state index contributed by atoms with van der Waals surface area (Å²) in [6.45, 7) is 6.73. The number of nitrogens with zero attached hydrogens (tertiary/aromatic N) is 2. The Bertz CT molecular complexity index is 717. The van der Waals surface area contributed by atoms with Crippen molar-refractivity contribution in [2.45, 2.75) is 26.7 Å². The van der Waals surface area contributed by atoms with E-state index in [2.05, 4.69) is 42.3 Å². The summed E-state index contributed by atoms with van der Waals surface area (Å²) in [5, 5.41) is 3.51. The highest BCUT2D eigenvalue weighted by Crippen LogP contribution is 2.26. The van der Waals surface area contributed by atoms with Crippen LogP contribution in [-0.2, 0) is 17.6 Å². The predicted octanol–water partition coefficient (Wildman–Crippen LogP) is 3.42. The van der Waals surface area contributed by atoms with E-state index in [1.165, 1.54) is 11.1 Å². The van der Waals surface area contributed by atoms with Gasteiger partial charge >= 0.3 is 0 Å². The number of morpholine rings is 1. The maximum absolute atomic E-state index is 12.6. The van der Waals surface area contributed by atoms with E-state index < -0.39 is 0 Å². The third-order valence-corrected chi connectivity index (χ3v) is 4.55. The lowest BCUT2D eigenvalue weighted by Gasteiger charge is -2.26. The molecule has 0 bridgehead atoms. The van der Waals surface area contributed by atoms with Gasteiger partial charge < -0.3 is 15.0 Å². The molecule has 1 saturated heterocycles. The molecule has 0 unspecified atom stereocenters. The summed E-state index contributed by atoms with van der Waals surface area (Å²) >= 11 is 0. The summed E-state index contributed by atoms with van der Waals surface area (Å²) in [5.41, 5.74) is 5.05. The first-order valence-corrected chi connectivity index (χ1v) is 8.93. The highest BCUT2D eigenvalue weighted by Gasteiger charge is 2.20. The van der Waals surface area contributed by atoms with Gasteiger partial charge in [-0.25, -0.2) is 0 Å². The van der Waals surface area contributed by atoms with Gasteiger partial charge in [-0.15, -0.1) is 0 Å². The Kier molecular flexibility index (Phi) is 5.66. The average molecular weight is 339 g/mol. The lowest BCUT2D eigenvalue weighted by molar-refractivity contribution is 0.0299. The minimum Gasteiger partial charge on any atom is -0.378 e. The second-order valence-corrected chi connectivity index (χ2v) is 6.12. The molecule has 132 valence electrons. The first kappa shape index (κ1) is 17.4. The molecule has 2 aromatic rings. The SMILES string of the molecule is CCc1cccc(CC)c1Nc1ccnc(C(=O)N2CCOCC2)c1. The fourth-order valence-corrected chi connectivity index (χ4v) is 3.10. The van der Waals surface area contributed by atoms with E-state index in [4.69, 9.17) is 4.74 Å². The van der Waals surface area contributed by atoms with Crippen molar-refractivity contribution in [3.8, 4) is 0 Å². The molecule has 0 saturated carbocycles. The number of para-hydroxylation sites is 1. The van der Waals surface area contributed by atoms with Crippen LogP contribution in [-0.4, -0.2) is 42.1 Å². The number of pyridine rings is 1. The van der Waals surface area contributed by atoms with Gasteiger partial charge in [-0.1, -0.05) is 32.0 Å². The van der Waals surface area contributed by atoms with Crippen molar-refractivity contribution < 1.29 is 9.53 Å². The number of nitrogens with one attached hydrogen (secondary N) is 1. The molecule has 1 N–H and O–H groups in total. The average Bonchev–Trinajstić information content (AvgIpc) is 2.68. The standard InChI is InChI=1S/C20H25N3O2/c1-3-15-6-5-7-16(4-2)19(15)22-17-8-9-21-18(14-17)20(24)23-10-12-25-13-11-23/h5-9,14H,3-4,10-13H2,1-2H3,(H,21,22). The van der Waals surface area contributed by atoms with Crippen molar-refractivity contribution in [1.29, 1.82) is 0 Å². The third kappa shape index (κ3) is 3.99. The summed E-state index contributed by atoms with van der Waals surface area (Å²) in [6.07, 6.45) is 3.61. The first-order chi connectivity index (χ1) is 12.2. The molecule has 0 radical (unpaired) electrons. The van der Waals surface area contributed by atoms with Gasteiger partial charge in [0.1, 0.15) is 5.69 Å². The summed E-state index contributed by atoms with van der Waals surface area (Å²) in [7, 11) is 0. The summed E-state index contributed by atoms with van der Waals surface area (Å²) in [6, 6.07) is 10.1. The highest BCUT2D eigenvalue weighted by atomic mass is 16.5. The smallest absolute Gasteiger partial charge is 0.272 e. The largest absolute Gasteiger partial charge is 0.378 e. The minimum absolute atomic E-state index is 0.0357. The molecule has 0 aliphatic carbocycles. The molecule has 25 heavy (non-hydrogen) atoms. The Balaban J connectivity index is 1.84. The number of aryl methyl sites for hydroxylation is 2. The Morgan fingerprint density at radius 2 is 1.84 bits per heavy atom. The maximum Gasteiger partial charge on any atom is 0.272 e. The zero-order chi connectivity index (χ0) is 17.6. The molecule has 2 heterocycles. The van der Waals surface area contributed by atoms with Gasteiger partial charge in [0.25, 0.3) is 5.91 Å². The Morgan fingerprint density at radius 3 is 2.48 bits per heavy atom. The second-order valence-electron chi connectivity index (χ2n) is 6.12. The molecule has 1 aromatic carbocycles. The van der Waals surface area contributed by atoms with Crippen molar-refractivity contribution in [1.82, 2.24) is 9.88 Å². The number of carbonyl (C=O) groups is 1. The van der Waals surface area contributed by atoms with Gasteiger partial charge in [0.2, 0.25) is 0 Å². The lowest BCUT2D eigenvalue weighted by atomic mass is 10.0. The van der Waals surface area contributed by atoms with Crippen LogP contribution in [0.2, 0.25) is 0 Å². The number of ether oxygens (including phenoxy) is 1. The number of aromatic nitrogens is 1. The minimum atomic E-state index is -0.0357. The predicted molar refractivity (Wildman–Crippen MR) is 99.4 cm³/mol. The molecule has 1 aliphatic rings. The van der Waals surface area contributed by atoms with Crippen LogP contribution in [0.1, 0.15) is 35.5 Å². The van der Waals surface area contributed by atoms with Crippen LogP contribution in [0, 0.1) is 0 Å². The zero-order valence-corrected chi connectivity index (χ0v) is 14.9. The van der Waals surface area contributed by atoms with Crippen LogP contribution in [0.25, 0.3) is 0 Å². The van der Waals surface area contributed by atoms with Gasteiger partial charge in [0.15, 0.2) is 0 Å². The van der Waals surface area contributed by atoms with Gasteiger partial charge in [-0.05, 0) is 36.1 Å². The van der Waals surface area contributed by atoms with Crippen LogP contribution in [0.15, 0.2) is 36.5 Å². The third-order valence-electron chi connectivity index (χ3n) is 4.55. The molecule has 1 fully saturated rings. The number of anilines is 2. The molecule has 1 amide bonds. The van der Waals surface area contributed by atoms with Crippen molar-refractivity contribution in [3.05, 3.63) is 53.3 Å². The van der Waals surface area contributed by atoms with Crippen molar-refractivity contribution in [2.24, 2.45) is 0 Å². The van der Waals surface area contributed by atoms with Gasteiger partial charge in [-0.3, -0.25) is 9.78 Å². The van der Waals surface area contributed by atoms with Crippen LogP contribution in [0.5, 0.6) is 0 Å². The monoisotopic (exact) mass is 339 g/mol. The molecule has 5 nitrogen and oxygen atoms in total. The fraction of sp³-hybridized carbons (Fsp3) is 0.400. The van der Waals surface area contributed by atoms with Gasteiger partial charge in [-0.2, -0.15) is 0 Å². The Hall–Kier alpha value is -2.40. The molecular formula is C20H25N3O2. The molecule has 0 atom stereocenters. The molecule has 1 aliphatic heterocycles. The van der Waals surface area contributed by atoms with E-state index in [0.717, 1.165) is 24.2 Å². The van der Waals surface area contributed by atoms with E-state index >= 15 is 0 Å². The van der Waals surface area contributed by atoms with Gasteiger partial charge in [0.05, 0.1) is 13.2 Å². The normalized spacial score (nSPS) is 14.4.